The van der Waals surface area contributed by atoms with Gasteiger partial charge in [-0.3, -0.25) is 9.79 Å². The molecule has 1 fully saturated rings. The molecule has 0 spiro atoms. The number of hydrogen-bond acceptors (Lipinski definition) is 3. The minimum absolute atomic E-state index is 0.193. The molecule has 1 saturated heterocycles. The molecule has 1 amide bonds. The minimum Gasteiger partial charge on any atom is -0.356 e. The van der Waals surface area contributed by atoms with Crippen LogP contribution in [0.25, 0.3) is 0 Å². The Kier molecular flexibility index (Phi) is 8.56. The van der Waals surface area contributed by atoms with Crippen molar-refractivity contribution in [2.24, 2.45) is 4.99 Å². The van der Waals surface area contributed by atoms with E-state index >= 15 is 0 Å². The van der Waals surface area contributed by atoms with Gasteiger partial charge in [-0.2, -0.15) is 0 Å². The quantitative estimate of drug-likeness (QED) is 0.285. The molecule has 6 nitrogen and oxygen atoms in total. The third-order valence-electron chi connectivity index (χ3n) is 4.80. The lowest BCUT2D eigenvalue weighted by Gasteiger charge is -2.33. The van der Waals surface area contributed by atoms with Crippen LogP contribution in [-0.2, 0) is 4.79 Å². The second-order valence-electron chi connectivity index (χ2n) is 6.86. The van der Waals surface area contributed by atoms with Crippen molar-refractivity contribution in [2.75, 3.05) is 38.5 Å². The van der Waals surface area contributed by atoms with Crippen molar-refractivity contribution >= 4 is 17.6 Å². The van der Waals surface area contributed by atoms with Crippen molar-refractivity contribution in [1.82, 2.24) is 15.5 Å². The lowest BCUT2D eigenvalue weighted by Crippen LogP contribution is -2.43. The van der Waals surface area contributed by atoms with E-state index in [1.807, 2.05) is 0 Å². The van der Waals surface area contributed by atoms with Gasteiger partial charge in [-0.25, -0.2) is 13.2 Å². The first-order valence-electron chi connectivity index (χ1n) is 9.54. The number of hydrogen-bond donors (Lipinski definition) is 3. The van der Waals surface area contributed by atoms with Crippen LogP contribution in [0.15, 0.2) is 17.1 Å². The molecule has 9 heteroatoms. The smallest absolute Gasteiger partial charge is 0.243 e. The molecule has 1 aliphatic rings. The van der Waals surface area contributed by atoms with Crippen molar-refractivity contribution in [3.8, 4) is 0 Å². The Balaban J connectivity index is 1.70. The number of benzene rings is 1. The number of carbonyl (C=O) groups is 1. The van der Waals surface area contributed by atoms with Crippen LogP contribution in [0.5, 0.6) is 0 Å². The molecule has 1 aliphatic heterocycles. The zero-order chi connectivity index (χ0) is 20.5. The summed E-state index contributed by atoms with van der Waals surface area (Å²) in [5.74, 6) is -4.52. The number of halogens is 3. The maximum absolute atomic E-state index is 13.6. The van der Waals surface area contributed by atoms with E-state index in [0.29, 0.717) is 18.5 Å². The Hall–Kier alpha value is -2.29. The van der Waals surface area contributed by atoms with E-state index in [-0.39, 0.29) is 6.54 Å². The second kappa shape index (κ2) is 10.9. The van der Waals surface area contributed by atoms with Gasteiger partial charge in [0, 0.05) is 26.2 Å². The molecule has 0 aliphatic carbocycles. The molecule has 1 aromatic rings. The van der Waals surface area contributed by atoms with Crippen LogP contribution >= 0.6 is 0 Å². The van der Waals surface area contributed by atoms with Crippen molar-refractivity contribution in [2.45, 2.75) is 38.6 Å². The zero-order valence-corrected chi connectivity index (χ0v) is 16.3. The van der Waals surface area contributed by atoms with Crippen molar-refractivity contribution in [1.29, 1.82) is 0 Å². The summed E-state index contributed by atoms with van der Waals surface area (Å²) in [6.07, 6.45) is 4.72. The molecule has 28 heavy (non-hydrogen) atoms. The third-order valence-corrected chi connectivity index (χ3v) is 4.80. The Morgan fingerprint density at radius 1 is 1.21 bits per heavy atom. The molecule has 1 aromatic carbocycles. The molecular formula is C19H28F3N5O. The number of nitrogens with one attached hydrogen (secondary N) is 3. The van der Waals surface area contributed by atoms with Crippen LogP contribution < -0.4 is 16.0 Å². The first kappa shape index (κ1) is 22.0. The van der Waals surface area contributed by atoms with Gasteiger partial charge in [-0.1, -0.05) is 6.42 Å². The van der Waals surface area contributed by atoms with Gasteiger partial charge in [0.2, 0.25) is 5.91 Å². The molecule has 1 heterocycles. The predicted octanol–water partition coefficient (Wildman–Crippen LogP) is 2.47. The van der Waals surface area contributed by atoms with Gasteiger partial charge in [-0.15, -0.1) is 0 Å². The summed E-state index contributed by atoms with van der Waals surface area (Å²) in [5.41, 5.74) is -0.413. The number of piperidine rings is 1. The summed E-state index contributed by atoms with van der Waals surface area (Å²) in [4.78, 5) is 18.4. The number of likely N-dealkylation sites (tertiary alicyclic amines) is 1. The van der Waals surface area contributed by atoms with E-state index in [9.17, 15) is 18.0 Å². The van der Waals surface area contributed by atoms with E-state index < -0.39 is 29.0 Å². The highest BCUT2D eigenvalue weighted by Crippen LogP contribution is 2.19. The van der Waals surface area contributed by atoms with Crippen LogP contribution in [0.3, 0.4) is 0 Å². The van der Waals surface area contributed by atoms with Gasteiger partial charge in [0.15, 0.2) is 23.4 Å². The molecular weight excluding hydrogens is 371 g/mol. The average molecular weight is 399 g/mol. The number of amides is 1. The molecule has 156 valence electrons. The first-order chi connectivity index (χ1) is 13.4. The fourth-order valence-corrected chi connectivity index (χ4v) is 3.18. The highest BCUT2D eigenvalue weighted by atomic mass is 19.2. The molecule has 1 unspecified atom stereocenters. The Morgan fingerprint density at radius 3 is 2.71 bits per heavy atom. The van der Waals surface area contributed by atoms with Gasteiger partial charge in [0.1, 0.15) is 0 Å². The fraction of sp³-hybridized carbons (Fsp3) is 0.579. The second-order valence-corrected chi connectivity index (χ2v) is 6.86. The number of carbonyl (C=O) groups excluding carboxylic acids is 1. The zero-order valence-electron chi connectivity index (χ0n) is 16.3. The molecule has 0 aromatic heterocycles. The van der Waals surface area contributed by atoms with E-state index in [0.717, 1.165) is 31.6 Å². The van der Waals surface area contributed by atoms with Crippen LogP contribution in [0.1, 0.15) is 32.6 Å². The largest absolute Gasteiger partial charge is 0.356 e. The standard InChI is InChI=1S/C19H28F3N5O/c1-13-6-3-4-10-27(13)11-5-9-24-19(23-2)25-12-16(28)26-15-8-7-14(20)17(21)18(15)22/h7-8,13H,3-6,9-12H2,1-2H3,(H,26,28)(H2,23,24,25). The molecule has 0 radical (unpaired) electrons. The number of nitrogens with zero attached hydrogens (tertiary/aromatic N) is 2. The Morgan fingerprint density at radius 2 is 2.00 bits per heavy atom. The number of aliphatic imine (C=N–C) groups is 1. The first-order valence-corrected chi connectivity index (χ1v) is 9.54. The van der Waals surface area contributed by atoms with Gasteiger partial charge in [0.05, 0.1) is 12.2 Å². The van der Waals surface area contributed by atoms with Gasteiger partial charge >= 0.3 is 0 Å². The molecule has 0 saturated carbocycles. The summed E-state index contributed by atoms with van der Waals surface area (Å²) in [7, 11) is 1.58. The highest BCUT2D eigenvalue weighted by Gasteiger charge is 2.17. The van der Waals surface area contributed by atoms with Crippen molar-refractivity contribution < 1.29 is 18.0 Å². The lowest BCUT2D eigenvalue weighted by atomic mass is 10.0. The molecule has 2 rings (SSSR count). The van der Waals surface area contributed by atoms with Crippen LogP contribution in [0.4, 0.5) is 18.9 Å². The Labute approximate surface area is 163 Å². The van der Waals surface area contributed by atoms with E-state index in [4.69, 9.17) is 0 Å². The summed E-state index contributed by atoms with van der Waals surface area (Å²) in [5, 5.41) is 8.12. The predicted molar refractivity (Wildman–Crippen MR) is 104 cm³/mol. The van der Waals surface area contributed by atoms with Crippen LogP contribution in [0.2, 0.25) is 0 Å². The highest BCUT2D eigenvalue weighted by molar-refractivity contribution is 5.95. The van der Waals surface area contributed by atoms with E-state index in [1.165, 1.54) is 19.3 Å². The van der Waals surface area contributed by atoms with Crippen LogP contribution in [0, 0.1) is 17.5 Å². The maximum atomic E-state index is 13.6. The third kappa shape index (κ3) is 6.40. The van der Waals surface area contributed by atoms with Crippen LogP contribution in [-0.4, -0.2) is 56.0 Å². The van der Waals surface area contributed by atoms with Crippen molar-refractivity contribution in [3.63, 3.8) is 0 Å². The summed E-state index contributed by atoms with van der Waals surface area (Å²) >= 11 is 0. The van der Waals surface area contributed by atoms with Gasteiger partial charge in [-0.05, 0) is 44.9 Å². The normalized spacial score (nSPS) is 18.0. The minimum atomic E-state index is -1.62. The Bertz CT molecular complexity index is 698. The van der Waals surface area contributed by atoms with Gasteiger partial charge in [0.25, 0.3) is 0 Å². The average Bonchev–Trinajstić information content (AvgIpc) is 2.69. The molecule has 0 bridgehead atoms. The summed E-state index contributed by atoms with van der Waals surface area (Å²) < 4.78 is 39.7. The fourth-order valence-electron chi connectivity index (χ4n) is 3.18. The lowest BCUT2D eigenvalue weighted by molar-refractivity contribution is -0.115. The van der Waals surface area contributed by atoms with E-state index in [2.05, 4.69) is 32.8 Å². The van der Waals surface area contributed by atoms with E-state index in [1.54, 1.807) is 7.05 Å². The molecule has 3 N–H and O–H groups in total. The van der Waals surface area contributed by atoms with Gasteiger partial charge < -0.3 is 20.9 Å². The van der Waals surface area contributed by atoms with Crippen molar-refractivity contribution in [3.05, 3.63) is 29.6 Å². The molecule has 1 atom stereocenters. The summed E-state index contributed by atoms with van der Waals surface area (Å²) in [6, 6.07) is 2.34. The number of anilines is 1. The SMILES string of the molecule is CN=C(NCCCN1CCCCC1C)NCC(=O)Nc1ccc(F)c(F)c1F. The monoisotopic (exact) mass is 399 g/mol. The number of rotatable bonds is 7. The maximum Gasteiger partial charge on any atom is 0.243 e. The summed E-state index contributed by atoms with van der Waals surface area (Å²) in [6.45, 7) is 4.89. The topological polar surface area (TPSA) is 68.8 Å². The number of guanidine groups is 1.